The zero-order valence-electron chi connectivity index (χ0n) is 21.7. The van der Waals surface area contributed by atoms with Crippen molar-refractivity contribution in [2.75, 3.05) is 13.2 Å². The number of halogens is 3. The number of carbonyl (C=O) groups is 2. The highest BCUT2D eigenvalue weighted by atomic mass is 19.4. The van der Waals surface area contributed by atoms with E-state index in [0.29, 0.717) is 37.0 Å². The Kier molecular flexibility index (Phi) is 9.04. The van der Waals surface area contributed by atoms with Crippen LogP contribution in [0, 0.1) is 0 Å². The molecule has 1 saturated heterocycles. The van der Waals surface area contributed by atoms with Crippen LogP contribution in [0.1, 0.15) is 71.1 Å². The molecule has 1 fully saturated rings. The molecular formula is C27H34F3N3O4. The number of allylic oxidation sites excluding steroid dienone is 2. The lowest BCUT2D eigenvalue weighted by Crippen LogP contribution is -2.45. The summed E-state index contributed by atoms with van der Waals surface area (Å²) in [6, 6.07) is 2.39. The predicted molar refractivity (Wildman–Crippen MR) is 134 cm³/mol. The van der Waals surface area contributed by atoms with E-state index < -0.39 is 23.4 Å². The van der Waals surface area contributed by atoms with Gasteiger partial charge < -0.3 is 14.6 Å². The molecule has 3 rings (SSSR count). The largest absolute Gasteiger partial charge is 0.493 e. The van der Waals surface area contributed by atoms with Gasteiger partial charge in [0, 0.05) is 12.1 Å². The molecule has 10 heteroatoms. The second-order valence-corrected chi connectivity index (χ2v) is 9.14. The number of fused-ring (bicyclic) bond motifs is 1. The van der Waals surface area contributed by atoms with E-state index in [0.717, 1.165) is 18.4 Å². The molecule has 0 aliphatic carbocycles. The van der Waals surface area contributed by atoms with Crippen molar-refractivity contribution in [3.05, 3.63) is 47.2 Å². The molecule has 2 heterocycles. The first kappa shape index (κ1) is 28.3. The van der Waals surface area contributed by atoms with E-state index in [1.807, 2.05) is 39.0 Å². The predicted octanol–water partition coefficient (Wildman–Crippen LogP) is 6.57. The third kappa shape index (κ3) is 5.99. The van der Waals surface area contributed by atoms with Gasteiger partial charge in [-0.1, -0.05) is 50.6 Å². The number of alkyl halides is 3. The molecule has 7 nitrogen and oxygen atoms in total. The van der Waals surface area contributed by atoms with E-state index in [1.54, 1.807) is 6.92 Å². The van der Waals surface area contributed by atoms with Crippen LogP contribution in [-0.2, 0) is 17.4 Å². The van der Waals surface area contributed by atoms with Crippen molar-refractivity contribution in [3.8, 4) is 5.75 Å². The Morgan fingerprint density at radius 1 is 1.19 bits per heavy atom. The smallest absolute Gasteiger partial charge is 0.437 e. The Hall–Kier alpha value is -3.30. The molecular weight excluding hydrogens is 487 g/mol. The lowest BCUT2D eigenvalue weighted by molar-refractivity contribution is -0.141. The van der Waals surface area contributed by atoms with Crippen LogP contribution in [0.15, 0.2) is 40.5 Å². The number of nitrogens with one attached hydrogen (secondary N) is 1. The molecule has 0 saturated carbocycles. The minimum atomic E-state index is -4.61. The third-order valence-electron chi connectivity index (χ3n) is 6.31. The second-order valence-electron chi connectivity index (χ2n) is 9.14. The number of aromatic nitrogens is 1. The molecule has 1 aromatic carbocycles. The fraction of sp³-hybridized carbons (Fsp3) is 0.519. The number of benzene rings is 1. The molecule has 3 amide bonds. The Morgan fingerprint density at radius 3 is 2.59 bits per heavy atom. The lowest BCUT2D eigenvalue weighted by Gasteiger charge is -2.23. The number of hydrogen-bond acceptors (Lipinski definition) is 5. The van der Waals surface area contributed by atoms with Crippen molar-refractivity contribution in [2.45, 2.75) is 77.9 Å². The summed E-state index contributed by atoms with van der Waals surface area (Å²) in [7, 11) is 0. The molecule has 0 radical (unpaired) electrons. The number of hydrogen-bond donors (Lipinski definition) is 1. The van der Waals surface area contributed by atoms with Gasteiger partial charge in [-0.25, -0.2) is 4.79 Å². The number of amides is 3. The summed E-state index contributed by atoms with van der Waals surface area (Å²) in [6.07, 6.45) is 4.94. The van der Waals surface area contributed by atoms with E-state index in [2.05, 4.69) is 10.5 Å². The van der Waals surface area contributed by atoms with Crippen molar-refractivity contribution in [2.24, 2.45) is 0 Å². The molecule has 1 aliphatic heterocycles. The fourth-order valence-corrected chi connectivity index (χ4v) is 4.42. The highest BCUT2D eigenvalue weighted by Gasteiger charge is 2.49. The van der Waals surface area contributed by atoms with Crippen LogP contribution in [0.3, 0.4) is 0 Å². The number of unbranched alkanes of at least 4 members (excludes halogenated alkanes) is 1. The normalized spacial score (nSPS) is 18.9. The van der Waals surface area contributed by atoms with Crippen molar-refractivity contribution in [3.63, 3.8) is 0 Å². The van der Waals surface area contributed by atoms with Crippen molar-refractivity contribution in [1.29, 1.82) is 0 Å². The Morgan fingerprint density at radius 2 is 1.95 bits per heavy atom. The topological polar surface area (TPSA) is 84.7 Å². The first-order valence-electron chi connectivity index (χ1n) is 12.7. The Bertz CT molecular complexity index is 1190. The van der Waals surface area contributed by atoms with Crippen LogP contribution in [-0.4, -0.2) is 40.7 Å². The molecule has 2 aromatic rings. The number of nitrogens with zero attached hydrogens (tertiary/aromatic N) is 2. The average Bonchev–Trinajstić information content (AvgIpc) is 3.38. The van der Waals surface area contributed by atoms with Crippen molar-refractivity contribution < 1.29 is 32.0 Å². The lowest BCUT2D eigenvalue weighted by atomic mass is 9.90. The summed E-state index contributed by atoms with van der Waals surface area (Å²) in [5.41, 5.74) is -0.761. The Balaban J connectivity index is 1.62. The van der Waals surface area contributed by atoms with E-state index in [-0.39, 0.29) is 30.0 Å². The van der Waals surface area contributed by atoms with Gasteiger partial charge in [0.1, 0.15) is 11.3 Å². The summed E-state index contributed by atoms with van der Waals surface area (Å²) in [5, 5.41) is 5.98. The van der Waals surface area contributed by atoms with Gasteiger partial charge in [0.2, 0.25) is 0 Å². The van der Waals surface area contributed by atoms with Gasteiger partial charge in [0.25, 0.3) is 5.91 Å². The van der Waals surface area contributed by atoms with Gasteiger partial charge in [0.05, 0.1) is 12.0 Å². The quantitative estimate of drug-likeness (QED) is 0.194. The van der Waals surface area contributed by atoms with E-state index in [4.69, 9.17) is 9.26 Å². The summed E-state index contributed by atoms with van der Waals surface area (Å²) >= 11 is 0. The second kappa shape index (κ2) is 11.8. The first-order valence-corrected chi connectivity index (χ1v) is 12.7. The average molecular weight is 522 g/mol. The third-order valence-corrected chi connectivity index (χ3v) is 6.31. The highest BCUT2D eigenvalue weighted by Crippen LogP contribution is 2.38. The van der Waals surface area contributed by atoms with Gasteiger partial charge >= 0.3 is 12.2 Å². The van der Waals surface area contributed by atoms with E-state index in [1.165, 1.54) is 17.0 Å². The number of carbonyl (C=O) groups excluding carboxylic acids is 2. The van der Waals surface area contributed by atoms with Crippen molar-refractivity contribution in [1.82, 2.24) is 15.4 Å². The van der Waals surface area contributed by atoms with Crippen LogP contribution < -0.4 is 10.1 Å². The first-order chi connectivity index (χ1) is 17.6. The molecule has 37 heavy (non-hydrogen) atoms. The molecule has 0 bridgehead atoms. The van der Waals surface area contributed by atoms with Crippen LogP contribution in [0.2, 0.25) is 0 Å². The van der Waals surface area contributed by atoms with Gasteiger partial charge in [-0.3, -0.25) is 9.69 Å². The van der Waals surface area contributed by atoms with Crippen LogP contribution in [0.4, 0.5) is 18.0 Å². The van der Waals surface area contributed by atoms with Crippen LogP contribution >= 0.6 is 0 Å². The summed E-state index contributed by atoms with van der Waals surface area (Å²) in [4.78, 5) is 27.0. The molecule has 1 aromatic heterocycles. The highest BCUT2D eigenvalue weighted by molar-refractivity contribution is 6.09. The van der Waals surface area contributed by atoms with Gasteiger partial charge in [-0.05, 0) is 56.7 Å². The maximum Gasteiger partial charge on any atom is 0.437 e. The van der Waals surface area contributed by atoms with E-state index >= 15 is 0 Å². The van der Waals surface area contributed by atoms with E-state index in [9.17, 15) is 22.8 Å². The zero-order chi connectivity index (χ0) is 27.2. The number of ether oxygens (including phenoxy) is 1. The number of imide groups is 1. The number of rotatable bonds is 12. The molecule has 1 unspecified atom stereocenters. The van der Waals surface area contributed by atoms with Crippen LogP contribution in [0.25, 0.3) is 11.0 Å². The molecule has 1 N–H and O–H groups in total. The zero-order valence-corrected chi connectivity index (χ0v) is 21.7. The van der Waals surface area contributed by atoms with Gasteiger partial charge in [-0.15, -0.1) is 0 Å². The molecule has 1 aliphatic rings. The Labute approximate surface area is 214 Å². The maximum absolute atomic E-state index is 13.2. The number of aryl methyl sites for hydroxylation is 1. The molecule has 202 valence electrons. The molecule has 1 atom stereocenters. The number of urea groups is 1. The summed E-state index contributed by atoms with van der Waals surface area (Å²) < 4.78 is 50.6. The summed E-state index contributed by atoms with van der Waals surface area (Å²) in [5.74, 6) is 0.152. The molecule has 0 spiro atoms. The monoisotopic (exact) mass is 521 g/mol. The standard InChI is InChI=1S/C27H34F3N3O4/c1-5-8-13-18(11-6-2)26(4)24(34)33(25(35)31-26)16-9-10-17-36-21-15-14-20-22(19(21)12-7-3)37-32-23(20)27(28,29)30/h8,11,13-15H,5-7,9-10,12,16-17H2,1-4H3,(H,31,35)/b13-8-,18-11+. The summed E-state index contributed by atoms with van der Waals surface area (Å²) in [6.45, 7) is 8.11. The van der Waals surface area contributed by atoms with Crippen LogP contribution in [0.5, 0.6) is 5.75 Å². The minimum absolute atomic E-state index is 0.0818. The fourth-order valence-electron chi connectivity index (χ4n) is 4.42. The van der Waals surface area contributed by atoms with Gasteiger partial charge in [-0.2, -0.15) is 13.2 Å². The minimum Gasteiger partial charge on any atom is -0.493 e. The SMILES string of the molecule is CC/C=C\C(=C/CC)C1(C)NC(=O)N(CCCCOc2ccc3c(C(F)(F)F)noc3c2CCC)C1=O. The van der Waals surface area contributed by atoms with Gasteiger partial charge in [0.15, 0.2) is 11.3 Å². The maximum atomic E-state index is 13.2. The van der Waals surface area contributed by atoms with Crippen molar-refractivity contribution >= 4 is 22.9 Å².